The van der Waals surface area contributed by atoms with Crippen LogP contribution in [0.4, 0.5) is 5.82 Å². The van der Waals surface area contributed by atoms with E-state index in [2.05, 4.69) is 0 Å². The average molecular weight is 445 g/mol. The number of hydrogen-bond acceptors (Lipinski definition) is 5. The van der Waals surface area contributed by atoms with Crippen molar-refractivity contribution in [3.05, 3.63) is 36.0 Å². The molecule has 1 saturated carbocycles. The maximum absolute atomic E-state index is 13.2. The molecule has 0 atom stereocenters. The second-order valence-electron chi connectivity index (χ2n) is 8.99. The molecule has 2 aromatic rings. The number of anilines is 1. The second-order valence-corrected chi connectivity index (χ2v) is 10.9. The van der Waals surface area contributed by atoms with Gasteiger partial charge in [-0.05, 0) is 50.7 Å². The molecule has 1 aromatic heterocycles. The van der Waals surface area contributed by atoms with E-state index in [1.165, 1.54) is 24.3 Å². The molecule has 8 nitrogen and oxygen atoms in total. The minimum Gasteiger partial charge on any atom is -0.497 e. The van der Waals surface area contributed by atoms with E-state index in [0.717, 1.165) is 18.1 Å². The van der Waals surface area contributed by atoms with Gasteiger partial charge >= 0.3 is 0 Å². The van der Waals surface area contributed by atoms with Crippen molar-refractivity contribution in [3.8, 4) is 5.75 Å². The number of carbonyl (C=O) groups is 1. The van der Waals surface area contributed by atoms with E-state index in [-0.39, 0.29) is 10.8 Å². The van der Waals surface area contributed by atoms with Crippen molar-refractivity contribution in [2.24, 2.45) is 5.92 Å². The van der Waals surface area contributed by atoms with Crippen molar-refractivity contribution < 1.29 is 17.9 Å². The third kappa shape index (κ3) is 3.53. The Bertz CT molecular complexity index is 1110. The number of fused-ring (bicyclic) bond motifs is 2. The van der Waals surface area contributed by atoms with Crippen LogP contribution in [-0.2, 0) is 20.4 Å². The van der Waals surface area contributed by atoms with Crippen LogP contribution in [0.5, 0.6) is 5.75 Å². The number of aryl methyl sites for hydroxylation is 1. The first-order valence-electron chi connectivity index (χ1n) is 10.8. The lowest BCUT2D eigenvalue weighted by molar-refractivity contribution is -0.122. The molecule has 0 N–H and O–H groups in total. The van der Waals surface area contributed by atoms with Crippen molar-refractivity contribution >= 4 is 21.7 Å². The first-order chi connectivity index (χ1) is 14.8. The number of hydrogen-bond donors (Lipinski definition) is 0. The Balaban J connectivity index is 1.40. The van der Waals surface area contributed by atoms with E-state index < -0.39 is 15.6 Å². The molecule has 1 amide bonds. The van der Waals surface area contributed by atoms with E-state index in [1.807, 2.05) is 22.6 Å². The van der Waals surface area contributed by atoms with Crippen LogP contribution in [0.2, 0.25) is 0 Å². The minimum atomic E-state index is -3.63. The highest BCUT2D eigenvalue weighted by Gasteiger charge is 2.48. The van der Waals surface area contributed by atoms with Gasteiger partial charge < -0.3 is 4.74 Å². The third-order valence-electron chi connectivity index (χ3n) is 6.79. The van der Waals surface area contributed by atoms with Crippen LogP contribution < -0.4 is 9.64 Å². The van der Waals surface area contributed by atoms with E-state index in [0.29, 0.717) is 44.0 Å². The number of carbonyl (C=O) groups excluding carboxylic acids is 1. The van der Waals surface area contributed by atoms with Gasteiger partial charge in [-0.15, -0.1) is 0 Å². The molecule has 2 aliphatic heterocycles. The molecule has 3 heterocycles. The maximum atomic E-state index is 13.2. The first-order valence-corrected chi connectivity index (χ1v) is 12.3. The first kappa shape index (κ1) is 20.5. The van der Waals surface area contributed by atoms with Crippen LogP contribution in [0.3, 0.4) is 0 Å². The highest BCUT2D eigenvalue weighted by atomic mass is 32.2. The smallest absolute Gasteiger partial charge is 0.243 e. The number of ether oxygens (including phenoxy) is 1. The number of sulfonamides is 1. The van der Waals surface area contributed by atoms with Gasteiger partial charge in [-0.25, -0.2) is 13.1 Å². The van der Waals surface area contributed by atoms with Gasteiger partial charge in [-0.2, -0.15) is 9.40 Å². The molecule has 31 heavy (non-hydrogen) atoms. The van der Waals surface area contributed by atoms with Crippen LogP contribution in [0, 0.1) is 12.8 Å². The van der Waals surface area contributed by atoms with Crippen LogP contribution in [-0.4, -0.2) is 55.2 Å². The van der Waals surface area contributed by atoms with Gasteiger partial charge in [0.2, 0.25) is 15.9 Å². The summed E-state index contributed by atoms with van der Waals surface area (Å²) >= 11 is 0. The molecular weight excluding hydrogens is 416 g/mol. The van der Waals surface area contributed by atoms with E-state index >= 15 is 0 Å². The van der Waals surface area contributed by atoms with E-state index in [9.17, 15) is 13.2 Å². The molecule has 3 aliphatic rings. The van der Waals surface area contributed by atoms with Gasteiger partial charge in [0.15, 0.2) is 0 Å². The van der Waals surface area contributed by atoms with Crippen LogP contribution in [0.1, 0.15) is 37.8 Å². The molecule has 5 rings (SSSR count). The summed E-state index contributed by atoms with van der Waals surface area (Å²) in [6.07, 6.45) is 3.86. The van der Waals surface area contributed by atoms with Gasteiger partial charge in [0, 0.05) is 31.8 Å². The molecule has 0 unspecified atom stereocenters. The van der Waals surface area contributed by atoms with Crippen molar-refractivity contribution in [3.63, 3.8) is 0 Å². The van der Waals surface area contributed by atoms with Gasteiger partial charge in [-0.1, -0.05) is 6.07 Å². The SMILES string of the molecule is COc1cccc(S(=O)(=O)N2CCC3(CC2)CC(=O)N(CC2CC2)c2cc(C)nn23)c1. The van der Waals surface area contributed by atoms with Gasteiger partial charge in [0.1, 0.15) is 11.6 Å². The summed E-state index contributed by atoms with van der Waals surface area (Å²) in [5.74, 6) is 2.10. The third-order valence-corrected chi connectivity index (χ3v) is 8.68. The summed E-state index contributed by atoms with van der Waals surface area (Å²) in [6.45, 7) is 3.42. The highest BCUT2D eigenvalue weighted by Crippen LogP contribution is 2.43. The summed E-state index contributed by atoms with van der Waals surface area (Å²) < 4.78 is 35.1. The fourth-order valence-corrected chi connectivity index (χ4v) is 6.28. The number of amides is 1. The number of methoxy groups -OCH3 is 1. The topological polar surface area (TPSA) is 84.7 Å². The largest absolute Gasteiger partial charge is 0.497 e. The predicted molar refractivity (Wildman–Crippen MR) is 116 cm³/mol. The molecular formula is C22H28N4O4S. The molecule has 166 valence electrons. The van der Waals surface area contributed by atoms with E-state index in [1.54, 1.807) is 24.3 Å². The molecule has 1 spiro atoms. The van der Waals surface area contributed by atoms with Gasteiger partial charge in [0.05, 0.1) is 29.7 Å². The highest BCUT2D eigenvalue weighted by molar-refractivity contribution is 7.89. The molecule has 9 heteroatoms. The standard InChI is InChI=1S/C22H28N4O4S/c1-16-12-20-25(15-17-6-7-17)21(27)14-22(26(20)23-16)8-10-24(11-9-22)31(28,29)19-5-3-4-18(13-19)30-2/h3-5,12-13,17H,6-11,14-15H2,1-2H3. The Morgan fingerprint density at radius 2 is 1.94 bits per heavy atom. The summed E-state index contributed by atoms with van der Waals surface area (Å²) in [5.41, 5.74) is 0.428. The number of piperidine rings is 1. The second kappa shape index (κ2) is 7.34. The summed E-state index contributed by atoms with van der Waals surface area (Å²) in [6, 6.07) is 8.54. The minimum absolute atomic E-state index is 0.128. The number of aromatic nitrogens is 2. The van der Waals surface area contributed by atoms with Gasteiger partial charge in [0.25, 0.3) is 0 Å². The Kier molecular flexibility index (Phi) is 4.86. The van der Waals surface area contributed by atoms with Crippen molar-refractivity contribution in [2.45, 2.75) is 49.5 Å². The molecule has 1 saturated heterocycles. The molecule has 0 bridgehead atoms. The molecule has 1 aromatic carbocycles. The van der Waals surface area contributed by atoms with Crippen LogP contribution >= 0.6 is 0 Å². The average Bonchev–Trinajstić information content (AvgIpc) is 3.50. The molecule has 1 aliphatic carbocycles. The lowest BCUT2D eigenvalue weighted by atomic mass is 9.83. The lowest BCUT2D eigenvalue weighted by Crippen LogP contribution is -2.55. The zero-order valence-corrected chi connectivity index (χ0v) is 18.8. The van der Waals surface area contributed by atoms with Crippen LogP contribution in [0.15, 0.2) is 35.2 Å². The van der Waals surface area contributed by atoms with Gasteiger partial charge in [-0.3, -0.25) is 9.69 Å². The Morgan fingerprint density at radius 1 is 1.19 bits per heavy atom. The lowest BCUT2D eigenvalue weighted by Gasteiger charge is -2.46. The number of benzene rings is 1. The van der Waals surface area contributed by atoms with Crippen molar-refractivity contribution in [1.82, 2.24) is 14.1 Å². The quantitative estimate of drug-likeness (QED) is 0.708. The normalized spacial score (nSPS) is 21.4. The number of rotatable bonds is 5. The summed E-state index contributed by atoms with van der Waals surface area (Å²) in [4.78, 5) is 15.2. The monoisotopic (exact) mass is 444 g/mol. The fraction of sp³-hybridized carbons (Fsp3) is 0.545. The summed E-state index contributed by atoms with van der Waals surface area (Å²) in [7, 11) is -2.11. The van der Waals surface area contributed by atoms with E-state index in [4.69, 9.17) is 9.84 Å². The molecule has 2 fully saturated rings. The zero-order valence-electron chi connectivity index (χ0n) is 18.0. The van der Waals surface area contributed by atoms with Crippen molar-refractivity contribution in [2.75, 3.05) is 31.6 Å². The van der Waals surface area contributed by atoms with Crippen molar-refractivity contribution in [1.29, 1.82) is 0 Å². The summed E-state index contributed by atoms with van der Waals surface area (Å²) in [5, 5.41) is 4.75. The molecule has 0 radical (unpaired) electrons. The predicted octanol–water partition coefficient (Wildman–Crippen LogP) is 2.53. The maximum Gasteiger partial charge on any atom is 0.243 e. The Hall–Kier alpha value is -2.39. The Morgan fingerprint density at radius 3 is 2.61 bits per heavy atom. The number of nitrogens with zero attached hydrogens (tertiary/aromatic N) is 4. The van der Waals surface area contributed by atoms with Crippen LogP contribution in [0.25, 0.3) is 0 Å². The fourth-order valence-electron chi connectivity index (χ4n) is 4.80. The zero-order chi connectivity index (χ0) is 21.8. The Labute approximate surface area is 182 Å².